The number of hydrogen-bond acceptors (Lipinski definition) is 2. The zero-order valence-corrected chi connectivity index (χ0v) is 11.7. The SMILES string of the molecule is Clc1ccc(NN=C2C3CC4CC(C3)CC2C4)cc1. The predicted molar refractivity (Wildman–Crippen MR) is 79.6 cm³/mol. The molecule has 4 bridgehead atoms. The third-order valence-corrected chi connectivity index (χ3v) is 5.38. The van der Waals surface area contributed by atoms with Gasteiger partial charge in [-0.1, -0.05) is 11.6 Å². The van der Waals surface area contributed by atoms with Crippen LogP contribution in [-0.4, -0.2) is 5.71 Å². The van der Waals surface area contributed by atoms with E-state index in [-0.39, 0.29) is 0 Å². The van der Waals surface area contributed by atoms with Crippen LogP contribution in [0.2, 0.25) is 5.02 Å². The average Bonchev–Trinajstić information content (AvgIpc) is 2.39. The molecule has 0 aliphatic heterocycles. The molecule has 1 aromatic rings. The highest BCUT2D eigenvalue weighted by Gasteiger charge is 2.46. The van der Waals surface area contributed by atoms with Crippen molar-refractivity contribution in [1.29, 1.82) is 0 Å². The molecule has 2 nitrogen and oxygen atoms in total. The smallest absolute Gasteiger partial charge is 0.0562 e. The Morgan fingerprint density at radius 3 is 2.05 bits per heavy atom. The van der Waals surface area contributed by atoms with Crippen molar-refractivity contribution in [2.24, 2.45) is 28.8 Å². The summed E-state index contributed by atoms with van der Waals surface area (Å²) in [5, 5.41) is 5.52. The first-order chi connectivity index (χ1) is 9.28. The summed E-state index contributed by atoms with van der Waals surface area (Å²) in [4.78, 5) is 0. The van der Waals surface area contributed by atoms with Crippen molar-refractivity contribution in [2.45, 2.75) is 32.1 Å². The van der Waals surface area contributed by atoms with E-state index in [0.29, 0.717) is 0 Å². The van der Waals surface area contributed by atoms with Gasteiger partial charge in [-0.2, -0.15) is 5.10 Å². The molecule has 0 spiro atoms. The molecule has 4 saturated carbocycles. The molecule has 0 atom stereocenters. The molecule has 100 valence electrons. The molecule has 19 heavy (non-hydrogen) atoms. The van der Waals surface area contributed by atoms with Crippen molar-refractivity contribution in [2.75, 3.05) is 5.43 Å². The number of rotatable bonds is 2. The van der Waals surface area contributed by atoms with Crippen molar-refractivity contribution in [3.05, 3.63) is 29.3 Å². The van der Waals surface area contributed by atoms with E-state index in [1.807, 2.05) is 24.3 Å². The first-order valence-electron chi connectivity index (χ1n) is 7.37. The average molecular weight is 275 g/mol. The maximum Gasteiger partial charge on any atom is 0.0562 e. The molecule has 0 saturated heterocycles. The molecule has 0 heterocycles. The number of nitrogens with one attached hydrogen (secondary N) is 1. The van der Waals surface area contributed by atoms with E-state index < -0.39 is 0 Å². The van der Waals surface area contributed by atoms with Crippen LogP contribution in [0.15, 0.2) is 29.4 Å². The van der Waals surface area contributed by atoms with Gasteiger partial charge in [-0.25, -0.2) is 0 Å². The maximum absolute atomic E-state index is 5.90. The lowest BCUT2D eigenvalue weighted by atomic mass is 9.55. The second-order valence-electron chi connectivity index (χ2n) is 6.46. The van der Waals surface area contributed by atoms with Gasteiger partial charge in [0.25, 0.3) is 0 Å². The minimum Gasteiger partial charge on any atom is -0.279 e. The van der Waals surface area contributed by atoms with Crippen LogP contribution in [0.3, 0.4) is 0 Å². The lowest BCUT2D eigenvalue weighted by Crippen LogP contribution is -2.45. The minimum absolute atomic E-state index is 0.760. The second-order valence-corrected chi connectivity index (χ2v) is 6.90. The van der Waals surface area contributed by atoms with Gasteiger partial charge >= 0.3 is 0 Å². The summed E-state index contributed by atoms with van der Waals surface area (Å²) < 4.78 is 0. The van der Waals surface area contributed by atoms with Crippen LogP contribution < -0.4 is 5.43 Å². The van der Waals surface area contributed by atoms with Crippen LogP contribution in [0.1, 0.15) is 32.1 Å². The predicted octanol–water partition coefficient (Wildman–Crippen LogP) is 4.56. The monoisotopic (exact) mass is 274 g/mol. The molecular formula is C16H19ClN2. The Hall–Kier alpha value is -1.02. The highest BCUT2D eigenvalue weighted by Crippen LogP contribution is 2.52. The molecule has 4 aliphatic rings. The van der Waals surface area contributed by atoms with Crippen LogP contribution >= 0.6 is 11.6 Å². The molecule has 4 aliphatic carbocycles. The minimum atomic E-state index is 0.760. The summed E-state index contributed by atoms with van der Waals surface area (Å²) in [6.07, 6.45) is 7.02. The third-order valence-electron chi connectivity index (χ3n) is 5.13. The molecule has 4 fully saturated rings. The molecule has 0 aromatic heterocycles. The van der Waals surface area contributed by atoms with Crippen molar-refractivity contribution < 1.29 is 0 Å². The van der Waals surface area contributed by atoms with Crippen molar-refractivity contribution in [3.8, 4) is 0 Å². The van der Waals surface area contributed by atoms with Gasteiger partial charge in [0.1, 0.15) is 0 Å². The zero-order chi connectivity index (χ0) is 12.8. The van der Waals surface area contributed by atoms with Gasteiger partial charge in [0.05, 0.1) is 5.69 Å². The van der Waals surface area contributed by atoms with E-state index in [0.717, 1.165) is 34.4 Å². The maximum atomic E-state index is 5.90. The molecule has 5 rings (SSSR count). The fourth-order valence-electron chi connectivity index (χ4n) is 4.50. The molecule has 0 radical (unpaired) electrons. The summed E-state index contributed by atoms with van der Waals surface area (Å²) in [6, 6.07) is 7.78. The third kappa shape index (κ3) is 2.16. The summed E-state index contributed by atoms with van der Waals surface area (Å²) in [5.74, 6) is 3.51. The first-order valence-corrected chi connectivity index (χ1v) is 7.75. The molecule has 3 heteroatoms. The van der Waals surface area contributed by atoms with Gasteiger partial charge in [0.15, 0.2) is 0 Å². The quantitative estimate of drug-likeness (QED) is 0.785. The Labute approximate surface area is 119 Å². The molecule has 1 aromatic carbocycles. The summed E-state index contributed by atoms with van der Waals surface area (Å²) >= 11 is 5.90. The van der Waals surface area contributed by atoms with Crippen LogP contribution in [0.25, 0.3) is 0 Å². The lowest BCUT2D eigenvalue weighted by molar-refractivity contribution is 0.108. The van der Waals surface area contributed by atoms with Gasteiger partial charge in [-0.05, 0) is 80.0 Å². The Balaban J connectivity index is 1.52. The Morgan fingerprint density at radius 2 is 1.47 bits per heavy atom. The van der Waals surface area contributed by atoms with E-state index in [1.165, 1.54) is 37.8 Å². The van der Waals surface area contributed by atoms with Crippen LogP contribution in [0.5, 0.6) is 0 Å². The van der Waals surface area contributed by atoms with E-state index in [1.54, 1.807) is 0 Å². The molecule has 0 unspecified atom stereocenters. The second kappa shape index (κ2) is 4.52. The van der Waals surface area contributed by atoms with Crippen LogP contribution in [-0.2, 0) is 0 Å². The fourth-order valence-corrected chi connectivity index (χ4v) is 4.63. The number of halogens is 1. The van der Waals surface area contributed by atoms with Crippen molar-refractivity contribution in [3.63, 3.8) is 0 Å². The van der Waals surface area contributed by atoms with Crippen molar-refractivity contribution in [1.82, 2.24) is 0 Å². The number of benzene rings is 1. The van der Waals surface area contributed by atoms with Crippen LogP contribution in [0, 0.1) is 23.7 Å². The van der Waals surface area contributed by atoms with E-state index in [2.05, 4.69) is 5.43 Å². The van der Waals surface area contributed by atoms with Crippen molar-refractivity contribution >= 4 is 23.0 Å². The van der Waals surface area contributed by atoms with E-state index >= 15 is 0 Å². The van der Waals surface area contributed by atoms with E-state index in [9.17, 15) is 0 Å². The Kier molecular flexibility index (Phi) is 2.80. The molecular weight excluding hydrogens is 256 g/mol. The van der Waals surface area contributed by atoms with Gasteiger partial charge in [0.2, 0.25) is 0 Å². The number of hydrazone groups is 1. The Bertz CT molecular complexity index is 476. The summed E-state index contributed by atoms with van der Waals surface area (Å²) in [6.45, 7) is 0. The van der Waals surface area contributed by atoms with Crippen LogP contribution in [0.4, 0.5) is 5.69 Å². The topological polar surface area (TPSA) is 24.4 Å². The first kappa shape index (κ1) is 11.8. The Morgan fingerprint density at radius 1 is 0.895 bits per heavy atom. The number of anilines is 1. The van der Waals surface area contributed by atoms with Gasteiger partial charge < -0.3 is 0 Å². The largest absolute Gasteiger partial charge is 0.279 e. The van der Waals surface area contributed by atoms with E-state index in [4.69, 9.17) is 16.7 Å². The zero-order valence-electron chi connectivity index (χ0n) is 11.0. The van der Waals surface area contributed by atoms with Gasteiger partial charge in [0, 0.05) is 10.7 Å². The van der Waals surface area contributed by atoms with Gasteiger partial charge in [-0.15, -0.1) is 0 Å². The fraction of sp³-hybridized carbons (Fsp3) is 0.562. The number of nitrogens with zero attached hydrogens (tertiary/aromatic N) is 1. The lowest BCUT2D eigenvalue weighted by Gasteiger charge is -2.50. The van der Waals surface area contributed by atoms with Gasteiger partial charge in [-0.3, -0.25) is 5.43 Å². The normalized spacial score (nSPS) is 35.5. The summed E-state index contributed by atoms with van der Waals surface area (Å²) in [7, 11) is 0. The number of hydrogen-bond donors (Lipinski definition) is 1. The molecule has 0 amide bonds. The molecule has 1 N–H and O–H groups in total. The summed E-state index contributed by atoms with van der Waals surface area (Å²) in [5.41, 5.74) is 5.71. The highest BCUT2D eigenvalue weighted by molar-refractivity contribution is 6.30. The standard InChI is InChI=1S/C16H19ClN2/c17-14-1-3-15(4-2-14)18-19-16-12-6-10-5-11(8-12)9-13(16)7-10/h1-4,10-13,18H,5-9H2. The highest BCUT2D eigenvalue weighted by atomic mass is 35.5.